The fourth-order valence-corrected chi connectivity index (χ4v) is 2.48. The third-order valence-corrected chi connectivity index (χ3v) is 3.65. The number of carbonyl (C=O) groups is 2. The van der Waals surface area contributed by atoms with Crippen LogP contribution >= 0.6 is 0 Å². The molecule has 0 aliphatic heterocycles. The molecule has 6 heteroatoms. The Balaban J connectivity index is 2.19. The van der Waals surface area contributed by atoms with Crippen LogP contribution in [0.2, 0.25) is 0 Å². The van der Waals surface area contributed by atoms with E-state index in [0.29, 0.717) is 18.7 Å². The van der Waals surface area contributed by atoms with Crippen LogP contribution in [0.1, 0.15) is 41.0 Å². The SMILES string of the molecule is CCCN(CC)C(=O)c1cccc(C(=O)Nc2cc(F)cc(F)c2)c1. The predicted molar refractivity (Wildman–Crippen MR) is 92.6 cm³/mol. The highest BCUT2D eigenvalue weighted by atomic mass is 19.1. The quantitative estimate of drug-likeness (QED) is 0.856. The minimum absolute atomic E-state index is 0.0143. The zero-order chi connectivity index (χ0) is 18.4. The minimum atomic E-state index is -0.780. The van der Waals surface area contributed by atoms with Gasteiger partial charge in [-0.3, -0.25) is 9.59 Å². The second kappa shape index (κ2) is 8.37. The van der Waals surface area contributed by atoms with Gasteiger partial charge in [-0.25, -0.2) is 8.78 Å². The summed E-state index contributed by atoms with van der Waals surface area (Å²) in [6, 6.07) is 9.03. The second-order valence-electron chi connectivity index (χ2n) is 5.58. The summed E-state index contributed by atoms with van der Waals surface area (Å²) in [5, 5.41) is 2.43. The second-order valence-corrected chi connectivity index (χ2v) is 5.58. The smallest absolute Gasteiger partial charge is 0.255 e. The Bertz CT molecular complexity index is 758. The van der Waals surface area contributed by atoms with Crippen molar-refractivity contribution in [3.8, 4) is 0 Å². The van der Waals surface area contributed by atoms with Crippen molar-refractivity contribution in [2.45, 2.75) is 20.3 Å². The Kier molecular flexibility index (Phi) is 6.22. The number of nitrogens with one attached hydrogen (secondary N) is 1. The molecule has 0 radical (unpaired) electrons. The third-order valence-electron chi connectivity index (χ3n) is 3.65. The molecule has 0 saturated heterocycles. The van der Waals surface area contributed by atoms with Gasteiger partial charge in [0.25, 0.3) is 11.8 Å². The topological polar surface area (TPSA) is 49.4 Å². The number of anilines is 1. The van der Waals surface area contributed by atoms with Gasteiger partial charge in [-0.1, -0.05) is 13.0 Å². The molecule has 132 valence electrons. The average molecular weight is 346 g/mol. The predicted octanol–water partition coefficient (Wildman–Crippen LogP) is 4.09. The summed E-state index contributed by atoms with van der Waals surface area (Å²) in [6.45, 7) is 5.08. The first kappa shape index (κ1) is 18.6. The van der Waals surface area contributed by atoms with Crippen LogP contribution in [-0.2, 0) is 0 Å². The first-order valence-corrected chi connectivity index (χ1v) is 8.11. The molecular weight excluding hydrogens is 326 g/mol. The number of carbonyl (C=O) groups excluding carboxylic acids is 2. The van der Waals surface area contributed by atoms with E-state index < -0.39 is 17.5 Å². The van der Waals surface area contributed by atoms with Gasteiger partial charge in [-0.2, -0.15) is 0 Å². The van der Waals surface area contributed by atoms with Gasteiger partial charge >= 0.3 is 0 Å². The molecule has 0 saturated carbocycles. The van der Waals surface area contributed by atoms with E-state index in [4.69, 9.17) is 0 Å². The highest BCUT2D eigenvalue weighted by molar-refractivity contribution is 6.06. The summed E-state index contributed by atoms with van der Waals surface area (Å²) in [5.74, 6) is -2.26. The molecule has 1 N–H and O–H groups in total. The molecular formula is C19H20F2N2O2. The molecule has 0 aliphatic carbocycles. The van der Waals surface area contributed by atoms with Gasteiger partial charge in [0.15, 0.2) is 0 Å². The molecule has 0 bridgehead atoms. The minimum Gasteiger partial charge on any atom is -0.339 e. The Morgan fingerprint density at radius 3 is 2.24 bits per heavy atom. The molecule has 2 aromatic carbocycles. The average Bonchev–Trinajstić information content (AvgIpc) is 2.58. The molecule has 0 aliphatic rings. The van der Waals surface area contributed by atoms with E-state index in [-0.39, 0.29) is 17.2 Å². The zero-order valence-electron chi connectivity index (χ0n) is 14.2. The molecule has 2 rings (SSSR count). The number of rotatable bonds is 6. The van der Waals surface area contributed by atoms with Crippen LogP contribution in [0.3, 0.4) is 0 Å². The van der Waals surface area contributed by atoms with Gasteiger partial charge in [0.1, 0.15) is 11.6 Å². The lowest BCUT2D eigenvalue weighted by molar-refractivity contribution is 0.0764. The molecule has 0 spiro atoms. The molecule has 0 fully saturated rings. The summed E-state index contributed by atoms with van der Waals surface area (Å²) < 4.78 is 26.4. The molecule has 0 unspecified atom stereocenters. The number of hydrogen-bond acceptors (Lipinski definition) is 2. The summed E-state index contributed by atoms with van der Waals surface area (Å²) in [4.78, 5) is 26.5. The summed E-state index contributed by atoms with van der Waals surface area (Å²) >= 11 is 0. The maximum absolute atomic E-state index is 13.2. The van der Waals surface area contributed by atoms with Crippen molar-refractivity contribution in [1.29, 1.82) is 0 Å². The number of benzene rings is 2. The van der Waals surface area contributed by atoms with Gasteiger partial charge in [0, 0.05) is 36.0 Å². The summed E-state index contributed by atoms with van der Waals surface area (Å²) in [5.41, 5.74) is 0.650. The van der Waals surface area contributed by atoms with Gasteiger partial charge in [0.2, 0.25) is 0 Å². The lowest BCUT2D eigenvalue weighted by Gasteiger charge is -2.20. The number of halogens is 2. The summed E-state index contributed by atoms with van der Waals surface area (Å²) in [7, 11) is 0. The number of hydrogen-bond donors (Lipinski definition) is 1. The van der Waals surface area contributed by atoms with E-state index in [1.165, 1.54) is 12.1 Å². The Labute approximate surface area is 145 Å². The van der Waals surface area contributed by atoms with Crippen molar-refractivity contribution in [3.63, 3.8) is 0 Å². The monoisotopic (exact) mass is 346 g/mol. The van der Waals surface area contributed by atoms with Crippen LogP contribution in [0.5, 0.6) is 0 Å². The Hall–Kier alpha value is -2.76. The van der Waals surface area contributed by atoms with Crippen LogP contribution in [0.15, 0.2) is 42.5 Å². The fourth-order valence-electron chi connectivity index (χ4n) is 2.48. The van der Waals surface area contributed by atoms with Crippen molar-refractivity contribution in [2.75, 3.05) is 18.4 Å². The van der Waals surface area contributed by atoms with E-state index in [1.54, 1.807) is 17.0 Å². The maximum Gasteiger partial charge on any atom is 0.255 e. The Morgan fingerprint density at radius 2 is 1.64 bits per heavy atom. The lowest BCUT2D eigenvalue weighted by atomic mass is 10.1. The fraction of sp³-hybridized carbons (Fsp3) is 0.263. The van der Waals surface area contributed by atoms with Crippen molar-refractivity contribution < 1.29 is 18.4 Å². The van der Waals surface area contributed by atoms with E-state index in [1.807, 2.05) is 13.8 Å². The van der Waals surface area contributed by atoms with Crippen molar-refractivity contribution in [1.82, 2.24) is 4.90 Å². The molecule has 4 nitrogen and oxygen atoms in total. The van der Waals surface area contributed by atoms with Gasteiger partial charge < -0.3 is 10.2 Å². The van der Waals surface area contributed by atoms with Crippen molar-refractivity contribution >= 4 is 17.5 Å². The first-order chi connectivity index (χ1) is 11.9. The van der Waals surface area contributed by atoms with E-state index in [9.17, 15) is 18.4 Å². The highest BCUT2D eigenvalue weighted by Crippen LogP contribution is 2.15. The lowest BCUT2D eigenvalue weighted by Crippen LogP contribution is -2.31. The number of amides is 2. The van der Waals surface area contributed by atoms with E-state index in [0.717, 1.165) is 24.6 Å². The molecule has 25 heavy (non-hydrogen) atoms. The van der Waals surface area contributed by atoms with Crippen LogP contribution < -0.4 is 5.32 Å². The van der Waals surface area contributed by atoms with Crippen molar-refractivity contribution in [2.24, 2.45) is 0 Å². The maximum atomic E-state index is 13.2. The van der Waals surface area contributed by atoms with Crippen LogP contribution in [0.25, 0.3) is 0 Å². The molecule has 0 heterocycles. The number of nitrogens with zero attached hydrogens (tertiary/aromatic N) is 1. The zero-order valence-corrected chi connectivity index (χ0v) is 14.2. The standard InChI is InChI=1S/C19H20F2N2O2/c1-3-8-23(4-2)19(25)14-7-5-6-13(9-14)18(24)22-17-11-15(20)10-16(21)12-17/h5-7,9-12H,3-4,8H2,1-2H3,(H,22,24). The van der Waals surface area contributed by atoms with E-state index >= 15 is 0 Å². The largest absolute Gasteiger partial charge is 0.339 e. The molecule has 2 aromatic rings. The molecule has 0 atom stereocenters. The third kappa shape index (κ3) is 4.86. The van der Waals surface area contributed by atoms with Gasteiger partial charge in [0.05, 0.1) is 0 Å². The molecule has 0 aromatic heterocycles. The first-order valence-electron chi connectivity index (χ1n) is 8.11. The van der Waals surface area contributed by atoms with Crippen LogP contribution in [-0.4, -0.2) is 29.8 Å². The van der Waals surface area contributed by atoms with Crippen molar-refractivity contribution in [3.05, 3.63) is 65.2 Å². The molecule has 2 amide bonds. The van der Waals surface area contributed by atoms with Gasteiger partial charge in [-0.05, 0) is 43.7 Å². The van der Waals surface area contributed by atoms with Gasteiger partial charge in [-0.15, -0.1) is 0 Å². The highest BCUT2D eigenvalue weighted by Gasteiger charge is 2.15. The normalized spacial score (nSPS) is 10.4. The Morgan fingerprint density at radius 1 is 1.00 bits per heavy atom. The summed E-state index contributed by atoms with van der Waals surface area (Å²) in [6.07, 6.45) is 0.838. The van der Waals surface area contributed by atoms with Crippen LogP contribution in [0, 0.1) is 11.6 Å². The van der Waals surface area contributed by atoms with E-state index in [2.05, 4.69) is 5.32 Å². The van der Waals surface area contributed by atoms with Crippen LogP contribution in [0.4, 0.5) is 14.5 Å².